The SMILES string of the molecule is Cc1ccc([C@H](C)N2CCN(c3c(C)cc(C=O)cc3C)CC2)cc1C. The number of aryl methyl sites for hydroxylation is 4. The molecule has 1 aliphatic heterocycles. The maximum Gasteiger partial charge on any atom is 0.150 e. The molecule has 0 aromatic heterocycles. The van der Waals surface area contributed by atoms with Gasteiger partial charge in [-0.1, -0.05) is 18.2 Å². The van der Waals surface area contributed by atoms with Gasteiger partial charge in [0.15, 0.2) is 0 Å². The van der Waals surface area contributed by atoms with Crippen molar-refractivity contribution in [2.24, 2.45) is 0 Å². The molecular formula is C23H30N2O. The number of aldehydes is 1. The van der Waals surface area contributed by atoms with Gasteiger partial charge in [-0.05, 0) is 74.6 Å². The van der Waals surface area contributed by atoms with Crippen molar-refractivity contribution in [1.29, 1.82) is 0 Å². The number of anilines is 1. The monoisotopic (exact) mass is 350 g/mol. The average molecular weight is 351 g/mol. The zero-order valence-corrected chi connectivity index (χ0v) is 16.7. The molecule has 0 aliphatic carbocycles. The Labute approximate surface area is 157 Å². The van der Waals surface area contributed by atoms with Gasteiger partial charge in [0.1, 0.15) is 6.29 Å². The van der Waals surface area contributed by atoms with E-state index in [4.69, 9.17) is 0 Å². The first-order valence-corrected chi connectivity index (χ1v) is 9.53. The Bertz CT molecular complexity index is 781. The molecule has 0 N–H and O–H groups in total. The Balaban J connectivity index is 1.71. The number of rotatable bonds is 4. The molecule has 26 heavy (non-hydrogen) atoms. The first-order valence-electron chi connectivity index (χ1n) is 9.53. The predicted molar refractivity (Wildman–Crippen MR) is 109 cm³/mol. The molecule has 3 heteroatoms. The maximum absolute atomic E-state index is 11.1. The van der Waals surface area contributed by atoms with Crippen molar-refractivity contribution >= 4 is 12.0 Å². The molecule has 0 saturated carbocycles. The van der Waals surface area contributed by atoms with Crippen LogP contribution in [0.3, 0.4) is 0 Å². The van der Waals surface area contributed by atoms with Crippen LogP contribution in [-0.4, -0.2) is 37.4 Å². The van der Waals surface area contributed by atoms with E-state index in [1.807, 2.05) is 12.1 Å². The lowest BCUT2D eigenvalue weighted by Crippen LogP contribution is -2.47. The van der Waals surface area contributed by atoms with Crippen LogP contribution in [0.15, 0.2) is 30.3 Å². The molecule has 2 aromatic rings. The normalized spacial score (nSPS) is 16.6. The van der Waals surface area contributed by atoms with Gasteiger partial charge in [-0.3, -0.25) is 9.69 Å². The lowest BCUT2D eigenvalue weighted by atomic mass is 10.00. The van der Waals surface area contributed by atoms with Gasteiger partial charge in [-0.25, -0.2) is 0 Å². The van der Waals surface area contributed by atoms with Gasteiger partial charge >= 0.3 is 0 Å². The van der Waals surface area contributed by atoms with Crippen LogP contribution in [0.5, 0.6) is 0 Å². The largest absolute Gasteiger partial charge is 0.369 e. The van der Waals surface area contributed by atoms with E-state index < -0.39 is 0 Å². The zero-order chi connectivity index (χ0) is 18.8. The molecule has 3 rings (SSSR count). The third-order valence-electron chi connectivity index (χ3n) is 5.84. The number of piperazine rings is 1. The molecular weight excluding hydrogens is 320 g/mol. The van der Waals surface area contributed by atoms with E-state index in [0.717, 1.165) is 38.0 Å². The van der Waals surface area contributed by atoms with Gasteiger partial charge in [-0.15, -0.1) is 0 Å². The van der Waals surface area contributed by atoms with E-state index in [1.54, 1.807) is 0 Å². The van der Waals surface area contributed by atoms with E-state index in [-0.39, 0.29) is 0 Å². The quantitative estimate of drug-likeness (QED) is 0.752. The minimum atomic E-state index is 0.441. The molecule has 138 valence electrons. The van der Waals surface area contributed by atoms with Crippen molar-refractivity contribution < 1.29 is 4.79 Å². The highest BCUT2D eigenvalue weighted by molar-refractivity contribution is 5.78. The van der Waals surface area contributed by atoms with Gasteiger partial charge in [0.2, 0.25) is 0 Å². The lowest BCUT2D eigenvalue weighted by Gasteiger charge is -2.40. The summed E-state index contributed by atoms with van der Waals surface area (Å²) in [5.41, 5.74) is 8.60. The van der Waals surface area contributed by atoms with E-state index in [1.165, 1.54) is 33.5 Å². The van der Waals surface area contributed by atoms with E-state index in [2.05, 4.69) is 62.6 Å². The summed E-state index contributed by atoms with van der Waals surface area (Å²) in [4.78, 5) is 16.1. The Morgan fingerprint density at radius 2 is 1.46 bits per heavy atom. The molecule has 2 aromatic carbocycles. The van der Waals surface area contributed by atoms with Crippen LogP contribution in [-0.2, 0) is 0 Å². The molecule has 1 heterocycles. The highest BCUT2D eigenvalue weighted by Crippen LogP contribution is 2.29. The summed E-state index contributed by atoms with van der Waals surface area (Å²) < 4.78 is 0. The van der Waals surface area contributed by atoms with Gasteiger partial charge in [0.05, 0.1) is 0 Å². The summed E-state index contributed by atoms with van der Waals surface area (Å²) in [6.07, 6.45) is 0.937. The number of benzene rings is 2. The fraction of sp³-hybridized carbons (Fsp3) is 0.435. The summed E-state index contributed by atoms with van der Waals surface area (Å²) in [5.74, 6) is 0. The number of hydrogen-bond acceptors (Lipinski definition) is 3. The third kappa shape index (κ3) is 3.68. The van der Waals surface area contributed by atoms with Crippen LogP contribution in [0.2, 0.25) is 0 Å². The number of carbonyl (C=O) groups excluding carboxylic acids is 1. The van der Waals surface area contributed by atoms with Gasteiger partial charge in [-0.2, -0.15) is 0 Å². The minimum Gasteiger partial charge on any atom is -0.369 e. The molecule has 0 radical (unpaired) electrons. The van der Waals surface area contributed by atoms with Crippen molar-refractivity contribution in [3.05, 3.63) is 63.7 Å². The second-order valence-corrected chi connectivity index (χ2v) is 7.66. The van der Waals surface area contributed by atoms with E-state index >= 15 is 0 Å². The van der Waals surface area contributed by atoms with Crippen molar-refractivity contribution in [1.82, 2.24) is 4.90 Å². The Kier molecular flexibility index (Phi) is 5.47. The van der Waals surface area contributed by atoms with Crippen molar-refractivity contribution in [2.75, 3.05) is 31.1 Å². The number of hydrogen-bond donors (Lipinski definition) is 0. The maximum atomic E-state index is 11.1. The van der Waals surface area contributed by atoms with Crippen LogP contribution < -0.4 is 4.90 Å². The van der Waals surface area contributed by atoms with Gasteiger partial charge in [0, 0.05) is 43.5 Å². The Morgan fingerprint density at radius 1 is 0.846 bits per heavy atom. The standard InChI is InChI=1S/C23H30N2O/c1-16-6-7-22(14-17(16)2)20(5)24-8-10-25(11-9-24)23-18(3)12-21(15-26)13-19(23)4/h6-7,12-15,20H,8-11H2,1-5H3/t20-/m0/s1. The molecule has 0 spiro atoms. The topological polar surface area (TPSA) is 23.6 Å². The lowest BCUT2D eigenvalue weighted by molar-refractivity contribution is 0.112. The summed E-state index contributed by atoms with van der Waals surface area (Å²) in [7, 11) is 0. The Morgan fingerprint density at radius 3 is 2.00 bits per heavy atom. The first-order chi connectivity index (χ1) is 12.4. The third-order valence-corrected chi connectivity index (χ3v) is 5.84. The van der Waals surface area contributed by atoms with Crippen molar-refractivity contribution in [3.8, 4) is 0 Å². The van der Waals surface area contributed by atoms with Gasteiger partial charge in [0.25, 0.3) is 0 Å². The second kappa shape index (κ2) is 7.63. The summed E-state index contributed by atoms with van der Waals surface area (Å²) >= 11 is 0. The summed E-state index contributed by atoms with van der Waals surface area (Å²) in [6, 6.07) is 11.3. The molecule has 1 fully saturated rings. The summed E-state index contributed by atoms with van der Waals surface area (Å²) in [6.45, 7) is 15.1. The fourth-order valence-electron chi connectivity index (χ4n) is 4.12. The smallest absolute Gasteiger partial charge is 0.150 e. The van der Waals surface area contributed by atoms with Crippen LogP contribution in [0.1, 0.15) is 51.1 Å². The second-order valence-electron chi connectivity index (χ2n) is 7.66. The average Bonchev–Trinajstić information content (AvgIpc) is 2.63. The molecule has 0 amide bonds. The summed E-state index contributed by atoms with van der Waals surface area (Å²) in [5, 5.41) is 0. The molecule has 0 unspecified atom stereocenters. The molecule has 0 bridgehead atoms. The van der Waals surface area contributed by atoms with Crippen LogP contribution >= 0.6 is 0 Å². The van der Waals surface area contributed by atoms with Crippen LogP contribution in [0.25, 0.3) is 0 Å². The van der Waals surface area contributed by atoms with Crippen LogP contribution in [0, 0.1) is 27.7 Å². The van der Waals surface area contributed by atoms with Crippen molar-refractivity contribution in [3.63, 3.8) is 0 Å². The van der Waals surface area contributed by atoms with Gasteiger partial charge < -0.3 is 4.90 Å². The highest BCUT2D eigenvalue weighted by Gasteiger charge is 2.24. The first kappa shape index (κ1) is 18.7. The fourth-order valence-corrected chi connectivity index (χ4v) is 4.12. The van der Waals surface area contributed by atoms with E-state index in [0.29, 0.717) is 6.04 Å². The van der Waals surface area contributed by atoms with E-state index in [9.17, 15) is 4.79 Å². The minimum absolute atomic E-state index is 0.441. The zero-order valence-electron chi connectivity index (χ0n) is 16.7. The number of nitrogens with zero attached hydrogens (tertiary/aromatic N) is 2. The number of carbonyl (C=O) groups is 1. The molecule has 1 atom stereocenters. The van der Waals surface area contributed by atoms with Crippen LogP contribution in [0.4, 0.5) is 5.69 Å². The molecule has 1 aliphatic rings. The Hall–Kier alpha value is -2.13. The molecule has 1 saturated heterocycles. The molecule has 3 nitrogen and oxygen atoms in total. The predicted octanol–water partition coefficient (Wildman–Crippen LogP) is 4.62. The van der Waals surface area contributed by atoms with Crippen molar-refractivity contribution in [2.45, 2.75) is 40.7 Å². The highest BCUT2D eigenvalue weighted by atomic mass is 16.1.